The molecule has 4 heterocycles. The topological polar surface area (TPSA) is 90.4 Å². The van der Waals surface area contributed by atoms with Crippen LogP contribution in [0.5, 0.6) is 11.5 Å². The smallest absolute Gasteiger partial charge is 0.414 e. The van der Waals surface area contributed by atoms with Crippen LogP contribution in [0.4, 0.5) is 10.5 Å². The maximum absolute atomic E-state index is 13.8. The molecule has 2 atom stereocenters. The quantitative estimate of drug-likeness (QED) is 0.143. The first-order valence-electron chi connectivity index (χ1n) is 16.0. The molecule has 49 heavy (non-hydrogen) atoms. The molecule has 2 bridgehead atoms. The second-order valence-corrected chi connectivity index (χ2v) is 13.3. The number of carbonyl (C=O) groups excluding carboxylic acids is 2. The van der Waals surface area contributed by atoms with Crippen molar-refractivity contribution in [2.75, 3.05) is 38.8 Å². The number of rotatable bonds is 11. The zero-order valence-corrected chi connectivity index (χ0v) is 29.4. The van der Waals surface area contributed by atoms with Gasteiger partial charge in [0, 0.05) is 25.4 Å². The highest BCUT2D eigenvalue weighted by atomic mass is 35.5. The minimum Gasteiger partial charge on any atom is -0.493 e. The summed E-state index contributed by atoms with van der Waals surface area (Å²) in [5.41, 5.74) is 2.72. The van der Waals surface area contributed by atoms with Gasteiger partial charge in [0.1, 0.15) is 12.2 Å². The predicted octanol–water partition coefficient (Wildman–Crippen LogP) is 8.44. The summed E-state index contributed by atoms with van der Waals surface area (Å²) in [4.78, 5) is 35.5. The van der Waals surface area contributed by atoms with Crippen molar-refractivity contribution in [3.63, 3.8) is 0 Å². The van der Waals surface area contributed by atoms with Gasteiger partial charge in [-0.2, -0.15) is 0 Å². The van der Waals surface area contributed by atoms with E-state index in [4.69, 9.17) is 53.8 Å². The van der Waals surface area contributed by atoms with Gasteiger partial charge < -0.3 is 18.9 Å². The largest absolute Gasteiger partial charge is 0.493 e. The molecule has 3 aromatic carbocycles. The van der Waals surface area contributed by atoms with Gasteiger partial charge in [0.25, 0.3) is 0 Å². The maximum atomic E-state index is 13.8. The number of hydrogen-bond donors (Lipinski definition) is 0. The fourth-order valence-corrected chi connectivity index (χ4v) is 7.19. The van der Waals surface area contributed by atoms with Crippen molar-refractivity contribution >= 4 is 52.6 Å². The maximum Gasteiger partial charge on any atom is 0.414 e. The number of halogens is 3. The molecular weight excluding hydrogens is 689 g/mol. The Labute approximate surface area is 300 Å². The molecular formula is C37H36Cl3N3O6. The molecule has 7 rings (SSSR count). The van der Waals surface area contributed by atoms with Crippen molar-refractivity contribution in [3.05, 3.63) is 116 Å². The number of piperidine rings is 3. The predicted molar refractivity (Wildman–Crippen MR) is 189 cm³/mol. The lowest BCUT2D eigenvalue weighted by atomic mass is 9.86. The van der Waals surface area contributed by atoms with Crippen molar-refractivity contribution in [2.45, 2.75) is 38.0 Å². The Kier molecular flexibility index (Phi) is 11.1. The minimum atomic E-state index is -0.801. The van der Waals surface area contributed by atoms with Crippen LogP contribution in [0.25, 0.3) is 0 Å². The van der Waals surface area contributed by atoms with Crippen molar-refractivity contribution in [1.29, 1.82) is 0 Å². The second kappa shape index (κ2) is 15.7. The standard InChI is InChI=1S/C37H36Cl3N3O6/c1-46-32-11-10-25(17-34(32)47-2)33(18-27-29(39)19-41-20-30(27)40)48-36(44)26-7-5-6-23(16-26)21-43(31-9-4-3-8-28(31)38)37(45)49-35-22-42-14-12-24(35)13-15-42/h3-11,16-17,19-20,24,33,35H,12-15,18,21-22H2,1-2H3/t33-,35-/m0/s1. The Balaban J connectivity index is 1.26. The lowest BCUT2D eigenvalue weighted by Gasteiger charge is -2.44. The summed E-state index contributed by atoms with van der Waals surface area (Å²) in [6, 6.07) is 19.4. The molecule has 0 saturated carbocycles. The van der Waals surface area contributed by atoms with E-state index in [2.05, 4.69) is 9.88 Å². The fraction of sp³-hybridized carbons (Fsp3) is 0.324. The van der Waals surface area contributed by atoms with Crippen molar-refractivity contribution in [1.82, 2.24) is 9.88 Å². The number of aromatic nitrogens is 1. The zero-order valence-electron chi connectivity index (χ0n) is 27.1. The number of esters is 1. The first-order valence-corrected chi connectivity index (χ1v) is 17.1. The van der Waals surface area contributed by atoms with Gasteiger partial charge in [-0.05, 0) is 84.9 Å². The lowest BCUT2D eigenvalue weighted by molar-refractivity contribution is -0.0311. The molecule has 3 aliphatic rings. The van der Waals surface area contributed by atoms with Crippen LogP contribution in [0.15, 0.2) is 79.1 Å². The minimum absolute atomic E-state index is 0.117. The average Bonchev–Trinajstić information content (AvgIpc) is 3.12. The molecule has 4 aromatic rings. The van der Waals surface area contributed by atoms with Gasteiger partial charge in [-0.15, -0.1) is 0 Å². The van der Waals surface area contributed by atoms with E-state index in [-0.39, 0.29) is 19.1 Å². The van der Waals surface area contributed by atoms with E-state index in [0.717, 1.165) is 32.5 Å². The fourth-order valence-electron chi connectivity index (χ4n) is 6.43. The lowest BCUT2D eigenvalue weighted by Crippen LogP contribution is -2.53. The number of nitrogens with zero attached hydrogens (tertiary/aromatic N) is 3. The van der Waals surface area contributed by atoms with Crippen LogP contribution in [-0.2, 0) is 22.4 Å². The third-order valence-corrected chi connectivity index (χ3v) is 10.1. The van der Waals surface area contributed by atoms with Crippen molar-refractivity contribution < 1.29 is 28.5 Å². The van der Waals surface area contributed by atoms with Gasteiger partial charge in [-0.25, -0.2) is 9.59 Å². The highest BCUT2D eigenvalue weighted by Gasteiger charge is 2.37. The second-order valence-electron chi connectivity index (χ2n) is 12.1. The average molecular weight is 725 g/mol. The summed E-state index contributed by atoms with van der Waals surface area (Å²) in [6.45, 7) is 2.91. The Bertz CT molecular complexity index is 1800. The molecule has 0 unspecified atom stereocenters. The first-order chi connectivity index (χ1) is 23.7. The molecule has 3 aliphatic heterocycles. The molecule has 0 radical (unpaired) electrons. The van der Waals surface area contributed by atoms with Crippen LogP contribution < -0.4 is 14.4 Å². The number of anilines is 1. The number of methoxy groups -OCH3 is 2. The van der Waals surface area contributed by atoms with Crippen LogP contribution in [0.1, 0.15) is 46.0 Å². The monoisotopic (exact) mass is 723 g/mol. The molecule has 1 aromatic heterocycles. The zero-order chi connectivity index (χ0) is 34.5. The van der Waals surface area contributed by atoms with E-state index in [1.54, 1.807) is 61.7 Å². The number of para-hydroxylation sites is 1. The summed E-state index contributed by atoms with van der Waals surface area (Å²) < 4.78 is 23.2. The Hall–Kier alpha value is -4.02. The molecule has 9 nitrogen and oxygen atoms in total. The van der Waals surface area contributed by atoms with E-state index < -0.39 is 18.2 Å². The SMILES string of the molecule is COc1ccc([C@H](Cc2c(Cl)cncc2Cl)OC(=O)c2cccc(CN(C(=O)O[C@H]3CN4CCC3CC4)c3ccccc3Cl)c2)cc1OC. The van der Waals surface area contributed by atoms with Crippen molar-refractivity contribution in [3.8, 4) is 11.5 Å². The molecule has 3 fully saturated rings. The van der Waals surface area contributed by atoms with Crippen LogP contribution in [0.2, 0.25) is 15.1 Å². The molecule has 256 valence electrons. The number of ether oxygens (including phenoxy) is 4. The van der Waals surface area contributed by atoms with E-state index >= 15 is 0 Å². The number of pyridine rings is 1. The Morgan fingerprint density at radius 3 is 2.31 bits per heavy atom. The van der Waals surface area contributed by atoms with Gasteiger partial charge in [-0.1, -0.05) is 65.1 Å². The highest BCUT2D eigenvalue weighted by Crippen LogP contribution is 2.36. The number of hydrogen-bond acceptors (Lipinski definition) is 8. The summed E-state index contributed by atoms with van der Waals surface area (Å²) >= 11 is 19.5. The van der Waals surface area contributed by atoms with Gasteiger partial charge in [0.05, 0.1) is 47.1 Å². The van der Waals surface area contributed by atoms with Gasteiger partial charge in [-0.3, -0.25) is 14.8 Å². The normalized spacial score (nSPS) is 18.8. The third-order valence-electron chi connectivity index (χ3n) is 9.09. The highest BCUT2D eigenvalue weighted by molar-refractivity contribution is 6.35. The van der Waals surface area contributed by atoms with Crippen LogP contribution >= 0.6 is 34.8 Å². The Morgan fingerprint density at radius 2 is 1.63 bits per heavy atom. The van der Waals surface area contributed by atoms with Crippen LogP contribution in [-0.4, -0.2) is 61.9 Å². The molecule has 0 aliphatic carbocycles. The van der Waals surface area contributed by atoms with E-state index in [1.807, 2.05) is 12.1 Å². The third kappa shape index (κ3) is 8.07. The summed E-state index contributed by atoms with van der Waals surface area (Å²) in [6.07, 6.45) is 3.71. The number of amides is 1. The Morgan fingerprint density at radius 1 is 0.898 bits per heavy atom. The molecule has 0 spiro atoms. The van der Waals surface area contributed by atoms with E-state index in [1.165, 1.54) is 24.4 Å². The van der Waals surface area contributed by atoms with Crippen molar-refractivity contribution in [2.24, 2.45) is 5.92 Å². The molecule has 0 N–H and O–H groups in total. The summed E-state index contributed by atoms with van der Waals surface area (Å²) in [5, 5.41) is 1.11. The van der Waals surface area contributed by atoms with Crippen LogP contribution in [0, 0.1) is 5.92 Å². The molecule has 12 heteroatoms. The van der Waals surface area contributed by atoms with E-state index in [9.17, 15) is 9.59 Å². The van der Waals surface area contributed by atoms with E-state index in [0.29, 0.717) is 60.4 Å². The number of carbonyl (C=O) groups is 2. The first kappa shape index (κ1) is 34.8. The number of benzene rings is 3. The van der Waals surface area contributed by atoms with Gasteiger partial charge in [0.2, 0.25) is 0 Å². The molecule has 1 amide bonds. The van der Waals surface area contributed by atoms with Gasteiger partial charge >= 0.3 is 12.1 Å². The number of fused-ring (bicyclic) bond motifs is 3. The van der Waals surface area contributed by atoms with Crippen LogP contribution in [0.3, 0.4) is 0 Å². The molecule has 3 saturated heterocycles. The van der Waals surface area contributed by atoms with Gasteiger partial charge in [0.15, 0.2) is 11.5 Å². The summed E-state index contributed by atoms with van der Waals surface area (Å²) in [7, 11) is 3.08. The summed E-state index contributed by atoms with van der Waals surface area (Å²) in [5.74, 6) is 0.761.